The van der Waals surface area contributed by atoms with Crippen LogP contribution in [-0.2, 0) is 57.0 Å². The third-order valence-electron chi connectivity index (χ3n) is 11.5. The number of nitrogens with zero attached hydrogens (tertiary/aromatic N) is 1. The van der Waals surface area contributed by atoms with Crippen molar-refractivity contribution in [1.82, 2.24) is 15.7 Å². The first-order valence-corrected chi connectivity index (χ1v) is 21.2. The number of rotatable bonds is 13. The summed E-state index contributed by atoms with van der Waals surface area (Å²) in [6, 6.07) is 31.9. The summed E-state index contributed by atoms with van der Waals surface area (Å²) >= 11 is 2.25. The molecule has 1 aliphatic carbocycles. The minimum atomic E-state index is -1.44. The van der Waals surface area contributed by atoms with Gasteiger partial charge in [-0.05, 0) is 79.1 Å². The van der Waals surface area contributed by atoms with E-state index < -0.39 is 77.1 Å². The second-order valence-corrected chi connectivity index (χ2v) is 17.9. The SMILES string of the molecule is CC(C)(C)OC(=O)CC[C@@H](CO)NC(=O)c1cccc(CNC(=O)[C@@]23C[C@H]4OC(=O)[C@@H]2N(Cc2ccccc2I)O[C@@H]3[C@H]2OC(c3ccccc3)(c3ccccc3)O[C@H]24)c1. The van der Waals surface area contributed by atoms with Gasteiger partial charge in [0.15, 0.2) is 6.04 Å². The summed E-state index contributed by atoms with van der Waals surface area (Å²) in [5.74, 6) is -3.25. The molecule has 4 fully saturated rings. The second kappa shape index (κ2) is 17.0. The molecule has 7 atom stereocenters. The predicted molar refractivity (Wildman–Crippen MR) is 225 cm³/mol. The van der Waals surface area contributed by atoms with E-state index in [-0.39, 0.29) is 39.0 Å². The van der Waals surface area contributed by atoms with Crippen molar-refractivity contribution in [3.63, 3.8) is 0 Å². The average molecular weight is 930 g/mol. The van der Waals surface area contributed by atoms with Crippen LogP contribution in [0.3, 0.4) is 0 Å². The highest BCUT2D eigenvalue weighted by molar-refractivity contribution is 14.1. The third kappa shape index (κ3) is 8.08. The first-order chi connectivity index (χ1) is 28.8. The number of benzene rings is 4. The summed E-state index contributed by atoms with van der Waals surface area (Å²) in [7, 11) is 0. The highest BCUT2D eigenvalue weighted by Crippen LogP contribution is 2.59. The number of aliphatic hydroxyl groups excluding tert-OH is 1. The number of hydrogen-bond acceptors (Lipinski definition) is 11. The van der Waals surface area contributed by atoms with Crippen LogP contribution in [0.1, 0.15) is 72.6 Å². The highest BCUT2D eigenvalue weighted by Gasteiger charge is 2.76. The molecule has 2 bridgehead atoms. The fourth-order valence-electron chi connectivity index (χ4n) is 8.82. The van der Waals surface area contributed by atoms with Gasteiger partial charge in [-0.3, -0.25) is 24.0 Å². The number of nitrogens with one attached hydrogen (secondary N) is 2. The van der Waals surface area contributed by atoms with Gasteiger partial charge in [0.2, 0.25) is 11.7 Å². The van der Waals surface area contributed by atoms with Gasteiger partial charge < -0.3 is 34.7 Å². The number of aliphatic hydroxyl groups is 1. The van der Waals surface area contributed by atoms with Crippen molar-refractivity contribution >= 4 is 46.3 Å². The first-order valence-electron chi connectivity index (χ1n) is 20.2. The minimum Gasteiger partial charge on any atom is -0.460 e. The number of fused-ring (bicyclic) bond motifs is 4. The fraction of sp³-hybridized carbons (Fsp3) is 0.391. The molecular weight excluding hydrogens is 881 g/mol. The van der Waals surface area contributed by atoms with E-state index in [9.17, 15) is 19.5 Å². The molecule has 3 saturated heterocycles. The molecule has 13 nitrogen and oxygen atoms in total. The Hall–Kier alpha value is -4.71. The number of hydroxylamine groups is 2. The standard InChI is InChI=1S/C46H48IN3O10/c1-44(2,3)57-36(52)22-21-33(27-51)49-41(53)29-15-12-13-28(23-29)25-48-43(55)45-24-35-37-38(59-46(58-37,31-16-6-4-7-17-31)32-18-8-5-9-19-32)40(45)60-50(39(45)42(54)56-35)26-30-14-10-11-20-34(30)47/h4-20,23,33,35,37-40,51H,21-22,24-27H2,1-3H3,(H,48,55)(H,49,53)/t33-,35+,37-,38-,39-,40+,45-/m0/s1. The second-order valence-electron chi connectivity index (χ2n) is 16.7. The molecule has 4 aromatic carbocycles. The van der Waals surface area contributed by atoms with Crippen LogP contribution in [0.5, 0.6) is 0 Å². The maximum absolute atomic E-state index is 15.0. The maximum Gasteiger partial charge on any atom is 0.327 e. The van der Waals surface area contributed by atoms with Crippen molar-refractivity contribution in [2.75, 3.05) is 6.61 Å². The van der Waals surface area contributed by atoms with Crippen molar-refractivity contribution in [2.45, 2.75) is 101 Å². The van der Waals surface area contributed by atoms with Gasteiger partial charge in [0.25, 0.3) is 5.91 Å². The Morgan fingerprint density at radius 2 is 1.58 bits per heavy atom. The molecule has 0 aromatic heterocycles. The van der Waals surface area contributed by atoms with E-state index in [2.05, 4.69) is 33.2 Å². The Labute approximate surface area is 362 Å². The number of ether oxygens (including phenoxy) is 4. The summed E-state index contributed by atoms with van der Waals surface area (Å²) in [5, 5.41) is 17.4. The largest absolute Gasteiger partial charge is 0.460 e. The number of halogens is 1. The van der Waals surface area contributed by atoms with E-state index in [0.29, 0.717) is 11.1 Å². The first kappa shape index (κ1) is 42.0. The van der Waals surface area contributed by atoms with Crippen LogP contribution >= 0.6 is 22.6 Å². The van der Waals surface area contributed by atoms with Crippen LogP contribution in [0.15, 0.2) is 109 Å². The van der Waals surface area contributed by atoms with Crippen LogP contribution in [0.2, 0.25) is 0 Å². The van der Waals surface area contributed by atoms with E-state index in [1.165, 1.54) is 0 Å². The molecule has 3 aliphatic heterocycles. The van der Waals surface area contributed by atoms with Crippen LogP contribution < -0.4 is 10.6 Å². The molecule has 4 aromatic rings. The van der Waals surface area contributed by atoms with Gasteiger partial charge in [-0.1, -0.05) is 91.0 Å². The molecule has 0 spiro atoms. The molecule has 3 heterocycles. The lowest BCUT2D eigenvalue weighted by Crippen LogP contribution is -2.69. The van der Waals surface area contributed by atoms with Gasteiger partial charge in [-0.2, -0.15) is 5.06 Å². The number of carbonyl (C=O) groups excluding carboxylic acids is 4. The smallest absolute Gasteiger partial charge is 0.327 e. The molecule has 0 radical (unpaired) electrons. The number of amides is 2. The molecule has 2 amide bonds. The van der Waals surface area contributed by atoms with Crippen molar-refractivity contribution < 1.29 is 48.1 Å². The third-order valence-corrected chi connectivity index (χ3v) is 12.5. The number of carbonyl (C=O) groups is 4. The number of hydrogen-bond donors (Lipinski definition) is 3. The molecule has 1 saturated carbocycles. The number of esters is 2. The average Bonchev–Trinajstić information content (AvgIpc) is 3.82. The van der Waals surface area contributed by atoms with Gasteiger partial charge in [0.1, 0.15) is 35.4 Å². The van der Waals surface area contributed by atoms with Gasteiger partial charge in [0, 0.05) is 39.6 Å². The zero-order chi connectivity index (χ0) is 42.2. The van der Waals surface area contributed by atoms with E-state index in [1.807, 2.05) is 84.9 Å². The van der Waals surface area contributed by atoms with Crippen molar-refractivity contribution in [2.24, 2.45) is 5.41 Å². The zero-order valence-electron chi connectivity index (χ0n) is 33.5. The lowest BCUT2D eigenvalue weighted by atomic mass is 9.62. The Kier molecular flexibility index (Phi) is 11.9. The van der Waals surface area contributed by atoms with Gasteiger partial charge in [-0.15, -0.1) is 0 Å². The van der Waals surface area contributed by atoms with Crippen LogP contribution in [0, 0.1) is 8.99 Å². The molecule has 0 unspecified atom stereocenters. The fourth-order valence-corrected chi connectivity index (χ4v) is 9.37. The Morgan fingerprint density at radius 3 is 2.25 bits per heavy atom. The summed E-state index contributed by atoms with van der Waals surface area (Å²) in [4.78, 5) is 61.7. The van der Waals surface area contributed by atoms with Crippen molar-refractivity contribution in [1.29, 1.82) is 0 Å². The maximum atomic E-state index is 15.0. The normalized spacial score (nSPS) is 25.8. The van der Waals surface area contributed by atoms with Crippen molar-refractivity contribution in [3.8, 4) is 0 Å². The molecule has 3 N–H and O–H groups in total. The van der Waals surface area contributed by atoms with E-state index in [1.54, 1.807) is 50.1 Å². The molecular formula is C46H48IN3O10. The topological polar surface area (TPSA) is 162 Å². The molecule has 60 heavy (non-hydrogen) atoms. The predicted octanol–water partition coefficient (Wildman–Crippen LogP) is 5.31. The van der Waals surface area contributed by atoms with Crippen molar-refractivity contribution in [3.05, 3.63) is 141 Å². The zero-order valence-corrected chi connectivity index (χ0v) is 35.7. The lowest BCUT2D eigenvalue weighted by molar-refractivity contribution is -0.213. The molecule has 4 aliphatic rings. The van der Waals surface area contributed by atoms with E-state index in [0.717, 1.165) is 20.3 Å². The van der Waals surface area contributed by atoms with Gasteiger partial charge in [0.05, 0.1) is 19.2 Å². The lowest BCUT2D eigenvalue weighted by Gasteiger charge is -2.48. The van der Waals surface area contributed by atoms with E-state index in [4.69, 9.17) is 23.8 Å². The minimum absolute atomic E-state index is 0.0248. The Morgan fingerprint density at radius 1 is 0.917 bits per heavy atom. The quantitative estimate of drug-likeness (QED) is 0.118. The monoisotopic (exact) mass is 929 g/mol. The molecule has 8 rings (SSSR count). The molecule has 14 heteroatoms. The Balaban J connectivity index is 1.06. The van der Waals surface area contributed by atoms with Crippen LogP contribution in [0.25, 0.3) is 0 Å². The molecule has 314 valence electrons. The highest BCUT2D eigenvalue weighted by atomic mass is 127. The summed E-state index contributed by atoms with van der Waals surface area (Å²) in [5.41, 5.74) is 1.25. The Bertz CT molecular complexity index is 2200. The van der Waals surface area contributed by atoms with Crippen LogP contribution in [-0.4, -0.2) is 82.6 Å². The van der Waals surface area contributed by atoms with E-state index >= 15 is 4.79 Å². The summed E-state index contributed by atoms with van der Waals surface area (Å²) in [6.45, 7) is 5.19. The summed E-state index contributed by atoms with van der Waals surface area (Å²) in [6.07, 6.45) is -3.01. The van der Waals surface area contributed by atoms with Gasteiger partial charge >= 0.3 is 11.9 Å². The van der Waals surface area contributed by atoms with Gasteiger partial charge in [-0.25, -0.2) is 0 Å². The summed E-state index contributed by atoms with van der Waals surface area (Å²) < 4.78 is 26.6. The van der Waals surface area contributed by atoms with Crippen LogP contribution in [0.4, 0.5) is 0 Å².